The van der Waals surface area contributed by atoms with Crippen molar-refractivity contribution in [2.24, 2.45) is 5.92 Å². The van der Waals surface area contributed by atoms with Crippen molar-refractivity contribution in [3.05, 3.63) is 64.7 Å². The smallest absolute Gasteiger partial charge is 0.226 e. The van der Waals surface area contributed by atoms with E-state index in [0.29, 0.717) is 13.0 Å². The van der Waals surface area contributed by atoms with Crippen LogP contribution >= 0.6 is 0 Å². The van der Waals surface area contributed by atoms with E-state index in [4.69, 9.17) is 4.74 Å². The first kappa shape index (κ1) is 20.9. The van der Waals surface area contributed by atoms with E-state index in [-0.39, 0.29) is 23.2 Å². The number of hydrogen-bond acceptors (Lipinski definition) is 4. The Bertz CT molecular complexity index is 916. The number of carbonyl (C=O) groups excluding carboxylic acids is 1. The number of carbonyl (C=O) groups is 1. The van der Waals surface area contributed by atoms with Crippen molar-refractivity contribution in [2.45, 2.75) is 38.4 Å². The third kappa shape index (κ3) is 4.09. The number of phenols is 1. The van der Waals surface area contributed by atoms with E-state index in [1.54, 1.807) is 17.0 Å². The number of fused-ring (bicyclic) bond motifs is 2. The van der Waals surface area contributed by atoms with Gasteiger partial charge in [0.05, 0.1) is 18.1 Å². The maximum atomic E-state index is 12.9. The Labute approximate surface area is 179 Å². The maximum absolute atomic E-state index is 12.9. The Morgan fingerprint density at radius 3 is 2.67 bits per heavy atom. The number of aromatic hydroxyl groups is 1. The number of ether oxygens (including phenoxy) is 1. The van der Waals surface area contributed by atoms with Crippen LogP contribution in [0.15, 0.2) is 42.5 Å². The van der Waals surface area contributed by atoms with Crippen LogP contribution in [-0.4, -0.2) is 54.5 Å². The van der Waals surface area contributed by atoms with Gasteiger partial charge in [-0.2, -0.15) is 0 Å². The zero-order chi connectivity index (χ0) is 21.3. The number of likely N-dealkylation sites (tertiary alicyclic amines) is 1. The average molecular weight is 409 g/mol. The van der Waals surface area contributed by atoms with Gasteiger partial charge in [-0.3, -0.25) is 4.79 Å². The van der Waals surface area contributed by atoms with Gasteiger partial charge in [0.1, 0.15) is 5.75 Å². The molecular weight excluding hydrogens is 376 g/mol. The van der Waals surface area contributed by atoms with Crippen molar-refractivity contribution < 1.29 is 14.6 Å². The molecule has 30 heavy (non-hydrogen) atoms. The lowest BCUT2D eigenvalue weighted by Gasteiger charge is -2.40. The SMILES string of the molecule is Cc1ccc(O)cc1CC(CN1CCC2(CC1)OCc1ccccc12)C(=O)N(C)C. The molecule has 4 rings (SSSR count). The third-order valence-electron chi connectivity index (χ3n) is 6.74. The second kappa shape index (κ2) is 8.40. The molecule has 5 heteroatoms. The van der Waals surface area contributed by atoms with Crippen LogP contribution in [0, 0.1) is 12.8 Å². The first-order chi connectivity index (χ1) is 14.4. The highest BCUT2D eigenvalue weighted by Gasteiger charge is 2.42. The number of amides is 1. The minimum atomic E-state index is -0.157. The highest BCUT2D eigenvalue weighted by atomic mass is 16.5. The molecule has 2 aromatic carbocycles. The average Bonchev–Trinajstić information content (AvgIpc) is 3.09. The van der Waals surface area contributed by atoms with E-state index in [1.165, 1.54) is 11.1 Å². The lowest BCUT2D eigenvalue weighted by Crippen LogP contribution is -2.46. The van der Waals surface area contributed by atoms with Gasteiger partial charge in [0.15, 0.2) is 0 Å². The molecule has 5 nitrogen and oxygen atoms in total. The molecule has 160 valence electrons. The van der Waals surface area contributed by atoms with Gasteiger partial charge >= 0.3 is 0 Å². The molecule has 1 saturated heterocycles. The number of piperidine rings is 1. The fourth-order valence-electron chi connectivity index (χ4n) is 4.94. The molecule has 2 aromatic rings. The molecule has 2 aliphatic rings. The Morgan fingerprint density at radius 1 is 1.20 bits per heavy atom. The van der Waals surface area contributed by atoms with Crippen LogP contribution in [0.1, 0.15) is 35.1 Å². The zero-order valence-corrected chi connectivity index (χ0v) is 18.2. The quantitative estimate of drug-likeness (QED) is 0.823. The van der Waals surface area contributed by atoms with Crippen LogP contribution in [-0.2, 0) is 28.2 Å². The molecule has 1 fully saturated rings. The molecule has 0 radical (unpaired) electrons. The van der Waals surface area contributed by atoms with E-state index in [1.807, 2.05) is 27.1 Å². The summed E-state index contributed by atoms with van der Waals surface area (Å²) in [5, 5.41) is 9.90. The molecule has 1 N–H and O–H groups in total. The highest BCUT2D eigenvalue weighted by molar-refractivity contribution is 5.79. The number of rotatable bonds is 5. The molecule has 0 aromatic heterocycles. The summed E-state index contributed by atoms with van der Waals surface area (Å²) in [6, 6.07) is 14.0. The lowest BCUT2D eigenvalue weighted by molar-refractivity contribution is -0.134. The van der Waals surface area contributed by atoms with Crippen molar-refractivity contribution in [3.63, 3.8) is 0 Å². The molecular formula is C25H32N2O3. The minimum Gasteiger partial charge on any atom is -0.508 e. The van der Waals surface area contributed by atoms with E-state index >= 15 is 0 Å². The summed E-state index contributed by atoms with van der Waals surface area (Å²) in [5.74, 6) is 0.260. The van der Waals surface area contributed by atoms with Crippen molar-refractivity contribution >= 4 is 5.91 Å². The number of nitrogens with zero attached hydrogens (tertiary/aromatic N) is 2. The van der Waals surface area contributed by atoms with Crippen LogP contribution in [0.25, 0.3) is 0 Å². The number of aryl methyl sites for hydroxylation is 1. The van der Waals surface area contributed by atoms with E-state index in [9.17, 15) is 9.90 Å². The fraction of sp³-hybridized carbons (Fsp3) is 0.480. The molecule has 2 heterocycles. The van der Waals surface area contributed by atoms with Crippen molar-refractivity contribution in [3.8, 4) is 5.75 Å². The number of benzene rings is 2. The molecule has 1 unspecified atom stereocenters. The largest absolute Gasteiger partial charge is 0.508 e. The van der Waals surface area contributed by atoms with Crippen LogP contribution < -0.4 is 0 Å². The van der Waals surface area contributed by atoms with Crippen LogP contribution in [0.3, 0.4) is 0 Å². The second-order valence-electron chi connectivity index (χ2n) is 8.99. The predicted octanol–water partition coefficient (Wildman–Crippen LogP) is 3.47. The summed E-state index contributed by atoms with van der Waals surface area (Å²) in [6.45, 7) is 5.30. The van der Waals surface area contributed by atoms with Gasteiger partial charge in [0.25, 0.3) is 0 Å². The molecule has 0 bridgehead atoms. The van der Waals surface area contributed by atoms with Gasteiger partial charge in [0, 0.05) is 33.7 Å². The summed E-state index contributed by atoms with van der Waals surface area (Å²) in [7, 11) is 3.64. The fourth-order valence-corrected chi connectivity index (χ4v) is 4.94. The second-order valence-corrected chi connectivity index (χ2v) is 8.99. The van der Waals surface area contributed by atoms with Crippen LogP contribution in [0.2, 0.25) is 0 Å². The minimum absolute atomic E-state index is 0.133. The van der Waals surface area contributed by atoms with Crippen molar-refractivity contribution in [1.82, 2.24) is 9.80 Å². The Balaban J connectivity index is 1.45. The van der Waals surface area contributed by atoms with Crippen molar-refractivity contribution in [2.75, 3.05) is 33.7 Å². The van der Waals surface area contributed by atoms with Crippen molar-refractivity contribution in [1.29, 1.82) is 0 Å². The lowest BCUT2D eigenvalue weighted by atomic mass is 9.83. The standard InChI is InChI=1S/C25H32N2O3/c1-18-8-9-22(28)15-20(18)14-21(24(29)26(2)3)16-27-12-10-25(11-13-27)23-7-5-4-6-19(23)17-30-25/h4-9,15,21,28H,10-14,16-17H2,1-3H3. The van der Waals surface area contributed by atoms with Crippen LogP contribution in [0.4, 0.5) is 0 Å². The molecule has 1 atom stereocenters. The molecule has 1 amide bonds. The molecule has 0 saturated carbocycles. The zero-order valence-electron chi connectivity index (χ0n) is 18.2. The van der Waals surface area contributed by atoms with Gasteiger partial charge in [-0.05, 0) is 60.6 Å². The van der Waals surface area contributed by atoms with E-state index in [2.05, 4.69) is 29.2 Å². The first-order valence-corrected chi connectivity index (χ1v) is 10.8. The van der Waals surface area contributed by atoms with Gasteiger partial charge in [0.2, 0.25) is 5.91 Å². The van der Waals surface area contributed by atoms with E-state index in [0.717, 1.165) is 43.6 Å². The van der Waals surface area contributed by atoms with Crippen LogP contribution in [0.5, 0.6) is 5.75 Å². The normalized spacial score (nSPS) is 18.9. The highest BCUT2D eigenvalue weighted by Crippen LogP contribution is 2.44. The Morgan fingerprint density at radius 2 is 1.93 bits per heavy atom. The third-order valence-corrected chi connectivity index (χ3v) is 6.74. The number of hydrogen-bond donors (Lipinski definition) is 1. The molecule has 2 aliphatic heterocycles. The molecule has 1 spiro atoms. The first-order valence-electron chi connectivity index (χ1n) is 10.8. The number of phenolic OH excluding ortho intramolecular Hbond substituents is 1. The van der Waals surface area contributed by atoms with E-state index < -0.39 is 0 Å². The summed E-state index contributed by atoms with van der Waals surface area (Å²) in [6.07, 6.45) is 2.55. The topological polar surface area (TPSA) is 53.0 Å². The van der Waals surface area contributed by atoms with Gasteiger partial charge in [-0.25, -0.2) is 0 Å². The Kier molecular flexibility index (Phi) is 5.85. The summed E-state index contributed by atoms with van der Waals surface area (Å²) >= 11 is 0. The summed E-state index contributed by atoms with van der Waals surface area (Å²) in [4.78, 5) is 17.0. The Hall–Kier alpha value is -2.37. The van der Waals surface area contributed by atoms with Gasteiger partial charge in [-0.15, -0.1) is 0 Å². The maximum Gasteiger partial charge on any atom is 0.226 e. The van der Waals surface area contributed by atoms with Gasteiger partial charge in [-0.1, -0.05) is 30.3 Å². The molecule has 0 aliphatic carbocycles. The monoisotopic (exact) mass is 408 g/mol. The van der Waals surface area contributed by atoms with Gasteiger partial charge < -0.3 is 19.6 Å². The summed E-state index contributed by atoms with van der Waals surface area (Å²) in [5.41, 5.74) is 4.65. The predicted molar refractivity (Wildman–Crippen MR) is 117 cm³/mol. The summed E-state index contributed by atoms with van der Waals surface area (Å²) < 4.78 is 6.29.